The van der Waals surface area contributed by atoms with E-state index in [1.807, 2.05) is 50.2 Å². The van der Waals surface area contributed by atoms with E-state index in [2.05, 4.69) is 10.3 Å². The largest absolute Gasteiger partial charge is 0.365 e. The van der Waals surface area contributed by atoms with Gasteiger partial charge in [0, 0.05) is 12.2 Å². The Morgan fingerprint density at radius 2 is 1.95 bits per heavy atom. The summed E-state index contributed by atoms with van der Waals surface area (Å²) in [5.41, 5.74) is 14.4. The Kier molecular flexibility index (Phi) is 4.55. The summed E-state index contributed by atoms with van der Waals surface area (Å²) in [4.78, 5) is 16.1. The van der Waals surface area contributed by atoms with Gasteiger partial charge in [-0.2, -0.15) is 0 Å². The van der Waals surface area contributed by atoms with Gasteiger partial charge in [-0.1, -0.05) is 30.3 Å². The second-order valence-corrected chi connectivity index (χ2v) is 5.01. The number of benzene rings is 1. The standard InChI is InChI=1S/C16H20N4O/c1-10-8-11(2)19-16(14(10)15(18)21)20-13(9-17)12-6-4-3-5-7-12/h3-8,13H,9,17H2,1-2H3,(H2,18,21)(H,19,20). The lowest BCUT2D eigenvalue weighted by molar-refractivity contribution is 0.1000. The molecule has 0 aliphatic rings. The number of hydrogen-bond acceptors (Lipinski definition) is 4. The van der Waals surface area contributed by atoms with Crippen molar-refractivity contribution in [3.63, 3.8) is 0 Å². The number of nitrogens with two attached hydrogens (primary N) is 2. The van der Waals surface area contributed by atoms with E-state index < -0.39 is 5.91 Å². The zero-order chi connectivity index (χ0) is 15.4. The molecule has 1 heterocycles. The van der Waals surface area contributed by atoms with E-state index in [4.69, 9.17) is 11.5 Å². The van der Waals surface area contributed by atoms with Gasteiger partial charge in [0.2, 0.25) is 0 Å². The average Bonchev–Trinajstić information content (AvgIpc) is 2.44. The van der Waals surface area contributed by atoms with Crippen LogP contribution in [0.2, 0.25) is 0 Å². The Hall–Kier alpha value is -2.40. The molecule has 2 rings (SSSR count). The van der Waals surface area contributed by atoms with E-state index in [9.17, 15) is 4.79 Å². The van der Waals surface area contributed by atoms with Gasteiger partial charge in [-0.3, -0.25) is 4.79 Å². The highest BCUT2D eigenvalue weighted by Crippen LogP contribution is 2.23. The summed E-state index contributed by atoms with van der Waals surface area (Å²) in [6.07, 6.45) is 0. The molecule has 0 bridgehead atoms. The number of nitrogens with zero attached hydrogens (tertiary/aromatic N) is 1. The normalized spacial score (nSPS) is 12.0. The van der Waals surface area contributed by atoms with Crippen LogP contribution in [-0.2, 0) is 0 Å². The Morgan fingerprint density at radius 3 is 2.52 bits per heavy atom. The van der Waals surface area contributed by atoms with Crippen molar-refractivity contribution in [1.82, 2.24) is 4.98 Å². The first-order chi connectivity index (χ1) is 10.0. The molecule has 0 radical (unpaired) electrons. The molecule has 1 unspecified atom stereocenters. The lowest BCUT2D eigenvalue weighted by Crippen LogP contribution is -2.24. The summed E-state index contributed by atoms with van der Waals surface area (Å²) in [6.45, 7) is 4.11. The second kappa shape index (κ2) is 6.37. The van der Waals surface area contributed by atoms with Gasteiger partial charge in [0.05, 0.1) is 11.6 Å². The molecule has 5 N–H and O–H groups in total. The number of primary amides is 1. The molecular weight excluding hydrogens is 264 g/mol. The van der Waals surface area contributed by atoms with E-state index >= 15 is 0 Å². The van der Waals surface area contributed by atoms with Crippen molar-refractivity contribution < 1.29 is 4.79 Å². The maximum Gasteiger partial charge on any atom is 0.252 e. The summed E-state index contributed by atoms with van der Waals surface area (Å²) in [6, 6.07) is 11.5. The fourth-order valence-electron chi connectivity index (χ4n) is 2.38. The summed E-state index contributed by atoms with van der Waals surface area (Å²) in [5.74, 6) is -0.00867. The second-order valence-electron chi connectivity index (χ2n) is 5.01. The zero-order valence-corrected chi connectivity index (χ0v) is 12.3. The van der Waals surface area contributed by atoms with E-state index in [0.717, 1.165) is 16.8 Å². The molecule has 110 valence electrons. The Bertz CT molecular complexity index is 640. The minimum absolute atomic E-state index is 0.127. The predicted molar refractivity (Wildman–Crippen MR) is 84.1 cm³/mol. The van der Waals surface area contributed by atoms with Gasteiger partial charge in [-0.05, 0) is 31.0 Å². The number of carbonyl (C=O) groups excluding carboxylic acids is 1. The van der Waals surface area contributed by atoms with Crippen molar-refractivity contribution in [1.29, 1.82) is 0 Å². The van der Waals surface area contributed by atoms with Gasteiger partial charge < -0.3 is 16.8 Å². The third-order valence-corrected chi connectivity index (χ3v) is 3.34. The van der Waals surface area contributed by atoms with Crippen LogP contribution in [0.25, 0.3) is 0 Å². The number of nitrogens with one attached hydrogen (secondary N) is 1. The third-order valence-electron chi connectivity index (χ3n) is 3.34. The molecule has 0 fully saturated rings. The first kappa shape index (κ1) is 15.0. The highest BCUT2D eigenvalue weighted by atomic mass is 16.1. The van der Waals surface area contributed by atoms with Gasteiger partial charge in [0.15, 0.2) is 0 Å². The van der Waals surface area contributed by atoms with Crippen LogP contribution >= 0.6 is 0 Å². The predicted octanol–water partition coefficient (Wildman–Crippen LogP) is 1.91. The first-order valence-corrected chi connectivity index (χ1v) is 6.82. The molecule has 5 heteroatoms. The maximum absolute atomic E-state index is 11.7. The molecule has 1 aromatic carbocycles. The molecule has 21 heavy (non-hydrogen) atoms. The lowest BCUT2D eigenvalue weighted by Gasteiger charge is -2.20. The third kappa shape index (κ3) is 3.38. The number of aryl methyl sites for hydroxylation is 2. The van der Waals surface area contributed by atoms with Crippen molar-refractivity contribution in [3.05, 3.63) is 58.8 Å². The van der Waals surface area contributed by atoms with Crippen molar-refractivity contribution in [3.8, 4) is 0 Å². The van der Waals surface area contributed by atoms with E-state index in [0.29, 0.717) is 17.9 Å². The topological polar surface area (TPSA) is 94.0 Å². The lowest BCUT2D eigenvalue weighted by atomic mass is 10.0. The number of aromatic nitrogens is 1. The van der Waals surface area contributed by atoms with Crippen molar-refractivity contribution in [2.24, 2.45) is 11.5 Å². The Labute approximate surface area is 124 Å². The molecule has 1 aromatic heterocycles. The van der Waals surface area contributed by atoms with Gasteiger partial charge in [-0.15, -0.1) is 0 Å². The molecule has 0 saturated carbocycles. The van der Waals surface area contributed by atoms with Crippen LogP contribution in [0, 0.1) is 13.8 Å². The molecule has 2 aromatic rings. The highest BCUT2D eigenvalue weighted by Gasteiger charge is 2.17. The fraction of sp³-hybridized carbons (Fsp3) is 0.250. The molecule has 1 amide bonds. The fourth-order valence-corrected chi connectivity index (χ4v) is 2.38. The summed E-state index contributed by atoms with van der Waals surface area (Å²) in [7, 11) is 0. The van der Waals surface area contributed by atoms with Gasteiger partial charge in [0.25, 0.3) is 5.91 Å². The van der Waals surface area contributed by atoms with Crippen LogP contribution in [0.3, 0.4) is 0 Å². The minimum atomic E-state index is -0.494. The van der Waals surface area contributed by atoms with Crippen molar-refractivity contribution in [2.75, 3.05) is 11.9 Å². The Balaban J connectivity index is 2.40. The molecule has 0 aliphatic carbocycles. The summed E-state index contributed by atoms with van der Waals surface area (Å²) < 4.78 is 0. The van der Waals surface area contributed by atoms with Gasteiger partial charge in [0.1, 0.15) is 5.82 Å². The summed E-state index contributed by atoms with van der Waals surface area (Å²) in [5, 5.41) is 3.24. The minimum Gasteiger partial charge on any atom is -0.365 e. The van der Waals surface area contributed by atoms with Crippen LogP contribution in [0.1, 0.15) is 33.2 Å². The zero-order valence-electron chi connectivity index (χ0n) is 12.3. The quantitative estimate of drug-likeness (QED) is 0.781. The van der Waals surface area contributed by atoms with Crippen LogP contribution in [0.5, 0.6) is 0 Å². The first-order valence-electron chi connectivity index (χ1n) is 6.82. The number of rotatable bonds is 5. The van der Waals surface area contributed by atoms with E-state index in [-0.39, 0.29) is 6.04 Å². The van der Waals surface area contributed by atoms with E-state index in [1.54, 1.807) is 0 Å². The molecular formula is C16H20N4O. The number of anilines is 1. The van der Waals surface area contributed by atoms with E-state index in [1.165, 1.54) is 0 Å². The van der Waals surface area contributed by atoms with Gasteiger partial charge in [-0.25, -0.2) is 4.98 Å². The molecule has 0 spiro atoms. The average molecular weight is 284 g/mol. The highest BCUT2D eigenvalue weighted by molar-refractivity contribution is 5.99. The van der Waals surface area contributed by atoms with Crippen molar-refractivity contribution in [2.45, 2.75) is 19.9 Å². The summed E-state index contributed by atoms with van der Waals surface area (Å²) >= 11 is 0. The number of carbonyl (C=O) groups is 1. The molecule has 5 nitrogen and oxygen atoms in total. The van der Waals surface area contributed by atoms with Crippen LogP contribution in [0.4, 0.5) is 5.82 Å². The smallest absolute Gasteiger partial charge is 0.252 e. The Morgan fingerprint density at radius 1 is 1.29 bits per heavy atom. The van der Waals surface area contributed by atoms with Crippen LogP contribution in [0.15, 0.2) is 36.4 Å². The van der Waals surface area contributed by atoms with Gasteiger partial charge >= 0.3 is 0 Å². The molecule has 0 saturated heterocycles. The SMILES string of the molecule is Cc1cc(C)c(C(N)=O)c(NC(CN)c2ccccc2)n1. The van der Waals surface area contributed by atoms with Crippen molar-refractivity contribution >= 4 is 11.7 Å². The number of pyridine rings is 1. The number of hydrogen-bond donors (Lipinski definition) is 3. The maximum atomic E-state index is 11.7. The molecule has 0 aliphatic heterocycles. The monoisotopic (exact) mass is 284 g/mol. The van der Waals surface area contributed by atoms with Crippen LogP contribution in [-0.4, -0.2) is 17.4 Å². The number of amides is 1. The molecule has 1 atom stereocenters. The van der Waals surface area contributed by atoms with Crippen LogP contribution < -0.4 is 16.8 Å².